The standard InChI is InChI=1S/C17H18N4O2/c1-23-14-8-6-13(7-9-14)19-10-18-11-21-12-20-16-5-3-2-4-15(16)17(21)22/h2-9,12,18-19H,10-11H2,1H3. The Bertz CT molecular complexity index is 843. The highest BCUT2D eigenvalue weighted by Crippen LogP contribution is 2.14. The van der Waals surface area contributed by atoms with E-state index in [0.29, 0.717) is 24.2 Å². The molecule has 118 valence electrons. The highest BCUT2D eigenvalue weighted by molar-refractivity contribution is 5.76. The first-order valence-corrected chi connectivity index (χ1v) is 7.31. The summed E-state index contributed by atoms with van der Waals surface area (Å²) in [4.78, 5) is 16.6. The zero-order valence-electron chi connectivity index (χ0n) is 12.8. The third kappa shape index (κ3) is 3.49. The van der Waals surface area contributed by atoms with Crippen molar-refractivity contribution in [2.24, 2.45) is 0 Å². The van der Waals surface area contributed by atoms with E-state index in [9.17, 15) is 4.79 Å². The smallest absolute Gasteiger partial charge is 0.262 e. The number of benzene rings is 2. The van der Waals surface area contributed by atoms with Crippen LogP contribution in [0.4, 0.5) is 5.69 Å². The van der Waals surface area contributed by atoms with Crippen molar-refractivity contribution in [3.63, 3.8) is 0 Å². The minimum atomic E-state index is -0.0486. The molecule has 23 heavy (non-hydrogen) atoms. The molecule has 0 radical (unpaired) electrons. The van der Waals surface area contributed by atoms with Gasteiger partial charge < -0.3 is 10.1 Å². The molecule has 6 nitrogen and oxygen atoms in total. The fourth-order valence-corrected chi connectivity index (χ4v) is 2.27. The van der Waals surface area contributed by atoms with Crippen molar-refractivity contribution in [1.29, 1.82) is 0 Å². The summed E-state index contributed by atoms with van der Waals surface area (Å²) in [5.74, 6) is 0.817. The Balaban J connectivity index is 1.58. The Morgan fingerprint density at radius 3 is 2.70 bits per heavy atom. The molecule has 3 rings (SSSR count). The molecular formula is C17H18N4O2. The number of aromatic nitrogens is 2. The van der Waals surface area contributed by atoms with E-state index < -0.39 is 0 Å². The first kappa shape index (κ1) is 15.1. The normalized spacial score (nSPS) is 10.7. The van der Waals surface area contributed by atoms with E-state index in [1.54, 1.807) is 24.1 Å². The first-order valence-electron chi connectivity index (χ1n) is 7.31. The fraction of sp³-hybridized carbons (Fsp3) is 0.176. The fourth-order valence-electron chi connectivity index (χ4n) is 2.27. The maximum atomic E-state index is 12.3. The van der Waals surface area contributed by atoms with Gasteiger partial charge in [-0.3, -0.25) is 14.7 Å². The van der Waals surface area contributed by atoms with Crippen molar-refractivity contribution in [2.45, 2.75) is 6.67 Å². The summed E-state index contributed by atoms with van der Waals surface area (Å²) in [5.41, 5.74) is 1.64. The van der Waals surface area contributed by atoms with Crippen LogP contribution in [0.1, 0.15) is 0 Å². The van der Waals surface area contributed by atoms with Gasteiger partial charge in [0.15, 0.2) is 0 Å². The first-order chi connectivity index (χ1) is 11.3. The second-order valence-corrected chi connectivity index (χ2v) is 5.03. The molecule has 0 amide bonds. The Hall–Kier alpha value is -2.86. The number of nitrogens with one attached hydrogen (secondary N) is 2. The lowest BCUT2D eigenvalue weighted by molar-refractivity contribution is 0.415. The van der Waals surface area contributed by atoms with Crippen LogP contribution in [0.25, 0.3) is 10.9 Å². The van der Waals surface area contributed by atoms with Gasteiger partial charge in [0.2, 0.25) is 0 Å². The molecule has 0 atom stereocenters. The maximum Gasteiger partial charge on any atom is 0.262 e. The molecule has 2 N–H and O–H groups in total. The van der Waals surface area contributed by atoms with Gasteiger partial charge in [0.1, 0.15) is 5.75 Å². The van der Waals surface area contributed by atoms with Crippen LogP contribution in [0.5, 0.6) is 5.75 Å². The molecular weight excluding hydrogens is 292 g/mol. The summed E-state index contributed by atoms with van der Waals surface area (Å²) in [6.07, 6.45) is 1.56. The van der Waals surface area contributed by atoms with Gasteiger partial charge in [-0.25, -0.2) is 4.98 Å². The number of rotatable bonds is 6. The lowest BCUT2D eigenvalue weighted by atomic mass is 10.2. The zero-order valence-corrected chi connectivity index (χ0v) is 12.8. The second-order valence-electron chi connectivity index (χ2n) is 5.03. The minimum Gasteiger partial charge on any atom is -0.497 e. The monoisotopic (exact) mass is 310 g/mol. The molecule has 0 unspecified atom stereocenters. The molecule has 0 aliphatic rings. The topological polar surface area (TPSA) is 68.2 Å². The average Bonchev–Trinajstić information content (AvgIpc) is 2.61. The van der Waals surface area contributed by atoms with Crippen LogP contribution in [0, 0.1) is 0 Å². The summed E-state index contributed by atoms with van der Waals surface area (Å²) >= 11 is 0. The van der Waals surface area contributed by atoms with E-state index in [2.05, 4.69) is 15.6 Å². The predicted octanol–water partition coefficient (Wildman–Crippen LogP) is 2.02. The van der Waals surface area contributed by atoms with Crippen LogP contribution in [0.2, 0.25) is 0 Å². The van der Waals surface area contributed by atoms with Crippen molar-refractivity contribution < 1.29 is 4.74 Å². The predicted molar refractivity (Wildman–Crippen MR) is 90.6 cm³/mol. The van der Waals surface area contributed by atoms with Crippen molar-refractivity contribution >= 4 is 16.6 Å². The Morgan fingerprint density at radius 1 is 1.13 bits per heavy atom. The average molecular weight is 310 g/mol. The van der Waals surface area contributed by atoms with Gasteiger partial charge in [0, 0.05) is 5.69 Å². The number of para-hydroxylation sites is 1. The Morgan fingerprint density at radius 2 is 1.91 bits per heavy atom. The van der Waals surface area contributed by atoms with Crippen molar-refractivity contribution in [1.82, 2.24) is 14.9 Å². The third-order valence-electron chi connectivity index (χ3n) is 3.52. The maximum absolute atomic E-state index is 12.3. The SMILES string of the molecule is COc1ccc(NCNCn2cnc3ccccc3c2=O)cc1. The van der Waals surface area contributed by atoms with Crippen molar-refractivity contribution in [3.8, 4) is 5.75 Å². The van der Waals surface area contributed by atoms with E-state index in [0.717, 1.165) is 11.4 Å². The molecule has 0 bridgehead atoms. The van der Waals surface area contributed by atoms with Crippen LogP contribution in [0.3, 0.4) is 0 Å². The van der Waals surface area contributed by atoms with Crippen LogP contribution in [-0.2, 0) is 6.67 Å². The summed E-state index contributed by atoms with van der Waals surface area (Å²) in [5, 5.41) is 7.01. The van der Waals surface area contributed by atoms with Gasteiger partial charge in [-0.05, 0) is 36.4 Å². The van der Waals surface area contributed by atoms with Gasteiger partial charge in [0.05, 0.1) is 37.7 Å². The van der Waals surface area contributed by atoms with Gasteiger partial charge in [-0.1, -0.05) is 12.1 Å². The van der Waals surface area contributed by atoms with Crippen molar-refractivity contribution in [3.05, 3.63) is 65.2 Å². The van der Waals surface area contributed by atoms with Crippen LogP contribution >= 0.6 is 0 Å². The highest BCUT2D eigenvalue weighted by atomic mass is 16.5. The molecule has 1 heterocycles. The van der Waals surface area contributed by atoms with Crippen LogP contribution in [0.15, 0.2) is 59.7 Å². The summed E-state index contributed by atoms with van der Waals surface area (Å²) in [6, 6.07) is 15.0. The van der Waals surface area contributed by atoms with E-state index in [-0.39, 0.29) is 5.56 Å². The van der Waals surface area contributed by atoms with Gasteiger partial charge in [-0.2, -0.15) is 0 Å². The number of ether oxygens (including phenoxy) is 1. The van der Waals surface area contributed by atoms with Crippen molar-refractivity contribution in [2.75, 3.05) is 19.1 Å². The minimum absolute atomic E-state index is 0.0486. The summed E-state index contributed by atoms with van der Waals surface area (Å²) < 4.78 is 6.67. The highest BCUT2D eigenvalue weighted by Gasteiger charge is 2.02. The molecule has 1 aromatic heterocycles. The van der Waals surface area contributed by atoms with Gasteiger partial charge >= 0.3 is 0 Å². The molecule has 6 heteroatoms. The number of anilines is 1. The second kappa shape index (κ2) is 6.93. The number of methoxy groups -OCH3 is 1. The zero-order chi connectivity index (χ0) is 16.1. The van der Waals surface area contributed by atoms with E-state index in [1.165, 1.54) is 0 Å². The quantitative estimate of drug-likeness (QED) is 0.538. The Labute approximate surface area is 133 Å². The summed E-state index contributed by atoms with van der Waals surface area (Å²) in [7, 11) is 1.64. The van der Waals surface area contributed by atoms with E-state index in [1.807, 2.05) is 42.5 Å². The third-order valence-corrected chi connectivity index (χ3v) is 3.52. The lowest BCUT2D eigenvalue weighted by Crippen LogP contribution is -2.31. The molecule has 3 aromatic rings. The molecule has 0 aliphatic heterocycles. The molecule has 0 spiro atoms. The molecule has 0 aliphatic carbocycles. The number of hydrogen-bond acceptors (Lipinski definition) is 5. The lowest BCUT2D eigenvalue weighted by Gasteiger charge is -2.10. The molecule has 0 saturated carbocycles. The van der Waals surface area contributed by atoms with Gasteiger partial charge in [0.25, 0.3) is 5.56 Å². The largest absolute Gasteiger partial charge is 0.497 e. The van der Waals surface area contributed by atoms with E-state index in [4.69, 9.17) is 4.74 Å². The number of fused-ring (bicyclic) bond motifs is 1. The molecule has 0 saturated heterocycles. The number of hydrogen-bond donors (Lipinski definition) is 2. The molecule has 0 fully saturated rings. The van der Waals surface area contributed by atoms with Crippen LogP contribution < -0.4 is 20.9 Å². The Kier molecular flexibility index (Phi) is 4.54. The van der Waals surface area contributed by atoms with Crippen LogP contribution in [-0.4, -0.2) is 23.3 Å². The number of nitrogens with zero attached hydrogens (tertiary/aromatic N) is 2. The molecule has 2 aromatic carbocycles. The summed E-state index contributed by atoms with van der Waals surface area (Å²) in [6.45, 7) is 0.922. The van der Waals surface area contributed by atoms with E-state index >= 15 is 0 Å². The van der Waals surface area contributed by atoms with Gasteiger partial charge in [-0.15, -0.1) is 0 Å².